The highest BCUT2D eigenvalue weighted by Gasteiger charge is 2.51. The van der Waals surface area contributed by atoms with E-state index in [9.17, 15) is 0 Å². The van der Waals surface area contributed by atoms with E-state index in [1.807, 2.05) is 12.1 Å². The van der Waals surface area contributed by atoms with Crippen LogP contribution < -0.4 is 4.74 Å². The molecule has 0 saturated carbocycles. The molecule has 7 rings (SSSR count). The molecule has 0 radical (unpaired) electrons. The molecule has 0 aromatic heterocycles. The van der Waals surface area contributed by atoms with Crippen LogP contribution in [0.15, 0.2) is 115 Å². The largest absolute Gasteiger partial charge is 0.497 e. The van der Waals surface area contributed by atoms with Crippen molar-refractivity contribution in [3.05, 3.63) is 138 Å². The number of hydrogen-bond donors (Lipinski definition) is 0. The third kappa shape index (κ3) is 2.32. The lowest BCUT2D eigenvalue weighted by Gasteiger charge is -2.30. The van der Waals surface area contributed by atoms with E-state index in [1.54, 1.807) is 7.11 Å². The standard InChI is InChI=1S/C32H22O/c1-33-23-17-14-21(15-18-23)22-16-19-27-26-10-4-7-13-30(26)32(31(27)20-22)28-11-5-2-8-24(28)25-9-3-6-12-29(25)32/h2-20H,1H3. The van der Waals surface area contributed by atoms with Crippen LogP contribution in [0, 0.1) is 0 Å². The SMILES string of the molecule is COc1ccc(-c2ccc3c(c2)C2(c4ccccc4-c4ccccc42)c2ccccc2-3)cc1. The van der Waals surface area contributed by atoms with Crippen molar-refractivity contribution in [2.75, 3.05) is 7.11 Å². The summed E-state index contributed by atoms with van der Waals surface area (Å²) in [5.41, 5.74) is 13.0. The Balaban J connectivity index is 1.58. The predicted molar refractivity (Wildman–Crippen MR) is 135 cm³/mol. The molecule has 0 amide bonds. The lowest BCUT2D eigenvalue weighted by molar-refractivity contribution is 0.415. The molecule has 1 nitrogen and oxygen atoms in total. The highest BCUT2D eigenvalue weighted by molar-refractivity contribution is 5.95. The molecule has 5 aromatic carbocycles. The average Bonchev–Trinajstić information content (AvgIpc) is 3.36. The zero-order chi connectivity index (χ0) is 22.0. The van der Waals surface area contributed by atoms with E-state index in [1.165, 1.54) is 55.6 Å². The maximum atomic E-state index is 5.38. The maximum Gasteiger partial charge on any atom is 0.118 e. The summed E-state index contributed by atoms with van der Waals surface area (Å²) in [6, 6.07) is 42.1. The van der Waals surface area contributed by atoms with E-state index in [4.69, 9.17) is 4.74 Å². The molecule has 0 aliphatic heterocycles. The van der Waals surface area contributed by atoms with Gasteiger partial charge in [0.15, 0.2) is 0 Å². The fourth-order valence-electron chi connectivity index (χ4n) is 6.06. The first kappa shape index (κ1) is 18.5. The molecule has 5 aromatic rings. The summed E-state index contributed by atoms with van der Waals surface area (Å²) in [5, 5.41) is 0. The fraction of sp³-hybridized carbons (Fsp3) is 0.0625. The van der Waals surface area contributed by atoms with E-state index in [2.05, 4.69) is 103 Å². The molecule has 0 atom stereocenters. The van der Waals surface area contributed by atoms with Gasteiger partial charge in [0.1, 0.15) is 5.75 Å². The van der Waals surface area contributed by atoms with Gasteiger partial charge in [0.2, 0.25) is 0 Å². The molecule has 156 valence electrons. The minimum absolute atomic E-state index is 0.290. The molecule has 0 heterocycles. The number of methoxy groups -OCH3 is 1. The highest BCUT2D eigenvalue weighted by atomic mass is 16.5. The van der Waals surface area contributed by atoms with Crippen molar-refractivity contribution < 1.29 is 4.74 Å². The van der Waals surface area contributed by atoms with Gasteiger partial charge in [-0.25, -0.2) is 0 Å². The summed E-state index contributed by atoms with van der Waals surface area (Å²) in [7, 11) is 1.71. The molecule has 2 aliphatic carbocycles. The third-order valence-corrected chi connectivity index (χ3v) is 7.42. The van der Waals surface area contributed by atoms with Crippen LogP contribution in [0.2, 0.25) is 0 Å². The van der Waals surface area contributed by atoms with E-state index in [-0.39, 0.29) is 5.41 Å². The Morgan fingerprint density at radius 3 is 1.42 bits per heavy atom. The monoisotopic (exact) mass is 422 g/mol. The van der Waals surface area contributed by atoms with Crippen LogP contribution >= 0.6 is 0 Å². The topological polar surface area (TPSA) is 9.23 Å². The van der Waals surface area contributed by atoms with Crippen molar-refractivity contribution in [2.24, 2.45) is 0 Å². The Bertz CT molecular complexity index is 1480. The summed E-state index contributed by atoms with van der Waals surface area (Å²) in [6.45, 7) is 0. The van der Waals surface area contributed by atoms with Gasteiger partial charge in [-0.1, -0.05) is 97.1 Å². The molecule has 0 N–H and O–H groups in total. The van der Waals surface area contributed by atoms with Crippen LogP contribution in [-0.2, 0) is 5.41 Å². The Morgan fingerprint density at radius 1 is 0.455 bits per heavy atom. The summed E-state index contributed by atoms with van der Waals surface area (Å²) < 4.78 is 5.38. The molecule has 1 heteroatoms. The molecule has 0 saturated heterocycles. The van der Waals surface area contributed by atoms with E-state index in [0.717, 1.165) is 5.75 Å². The molecule has 2 aliphatic rings. The van der Waals surface area contributed by atoms with Crippen molar-refractivity contribution in [2.45, 2.75) is 5.41 Å². The fourth-order valence-corrected chi connectivity index (χ4v) is 6.06. The molecule has 0 unspecified atom stereocenters. The summed E-state index contributed by atoms with van der Waals surface area (Å²) in [6.07, 6.45) is 0. The van der Waals surface area contributed by atoms with Crippen molar-refractivity contribution in [3.8, 4) is 39.1 Å². The van der Waals surface area contributed by atoms with Crippen LogP contribution in [0.1, 0.15) is 22.3 Å². The van der Waals surface area contributed by atoms with Gasteiger partial charge in [0.05, 0.1) is 12.5 Å². The zero-order valence-corrected chi connectivity index (χ0v) is 18.4. The van der Waals surface area contributed by atoms with Crippen molar-refractivity contribution in [1.82, 2.24) is 0 Å². The summed E-state index contributed by atoms with van der Waals surface area (Å²) >= 11 is 0. The first-order valence-corrected chi connectivity index (χ1v) is 11.4. The van der Waals surface area contributed by atoms with Crippen molar-refractivity contribution in [1.29, 1.82) is 0 Å². The third-order valence-electron chi connectivity index (χ3n) is 7.42. The second-order valence-corrected chi connectivity index (χ2v) is 8.88. The molecule has 0 fully saturated rings. The van der Waals surface area contributed by atoms with Gasteiger partial charge >= 0.3 is 0 Å². The molecule has 33 heavy (non-hydrogen) atoms. The highest BCUT2D eigenvalue weighted by Crippen LogP contribution is 2.62. The minimum atomic E-state index is -0.290. The second-order valence-electron chi connectivity index (χ2n) is 8.88. The van der Waals surface area contributed by atoms with Crippen LogP contribution in [0.4, 0.5) is 0 Å². The lowest BCUT2D eigenvalue weighted by atomic mass is 9.70. The second kappa shape index (κ2) is 6.70. The number of ether oxygens (including phenoxy) is 1. The predicted octanol–water partition coefficient (Wildman–Crippen LogP) is 7.71. The Hall–Kier alpha value is -4.10. The van der Waals surface area contributed by atoms with Crippen molar-refractivity contribution in [3.63, 3.8) is 0 Å². The number of rotatable bonds is 2. The quantitative estimate of drug-likeness (QED) is 0.277. The van der Waals surface area contributed by atoms with Gasteiger partial charge in [-0.15, -0.1) is 0 Å². The normalized spacial score (nSPS) is 13.8. The first-order chi connectivity index (χ1) is 16.3. The maximum absolute atomic E-state index is 5.38. The summed E-state index contributed by atoms with van der Waals surface area (Å²) in [4.78, 5) is 0. The van der Waals surface area contributed by atoms with Gasteiger partial charge in [-0.2, -0.15) is 0 Å². The number of benzene rings is 5. The van der Waals surface area contributed by atoms with Crippen LogP contribution in [0.25, 0.3) is 33.4 Å². The van der Waals surface area contributed by atoms with E-state index < -0.39 is 0 Å². The van der Waals surface area contributed by atoms with Gasteiger partial charge in [-0.3, -0.25) is 0 Å². The zero-order valence-electron chi connectivity index (χ0n) is 18.4. The minimum Gasteiger partial charge on any atom is -0.497 e. The van der Waals surface area contributed by atoms with E-state index in [0.29, 0.717) is 0 Å². The van der Waals surface area contributed by atoms with Gasteiger partial charge in [0.25, 0.3) is 0 Å². The Labute approximate surface area is 193 Å². The van der Waals surface area contributed by atoms with Crippen LogP contribution in [0.5, 0.6) is 5.75 Å². The van der Waals surface area contributed by atoms with Gasteiger partial charge in [-0.05, 0) is 73.8 Å². The average molecular weight is 423 g/mol. The molecular formula is C32H22O. The van der Waals surface area contributed by atoms with Crippen LogP contribution in [-0.4, -0.2) is 7.11 Å². The first-order valence-electron chi connectivity index (χ1n) is 11.4. The smallest absolute Gasteiger partial charge is 0.118 e. The summed E-state index contributed by atoms with van der Waals surface area (Å²) in [5.74, 6) is 0.877. The Morgan fingerprint density at radius 2 is 0.909 bits per heavy atom. The number of fused-ring (bicyclic) bond motifs is 10. The molecule has 1 spiro atoms. The van der Waals surface area contributed by atoms with Crippen LogP contribution in [0.3, 0.4) is 0 Å². The van der Waals surface area contributed by atoms with Gasteiger partial charge in [0, 0.05) is 0 Å². The lowest BCUT2D eigenvalue weighted by Crippen LogP contribution is -2.25. The van der Waals surface area contributed by atoms with Gasteiger partial charge < -0.3 is 4.74 Å². The Kier molecular flexibility index (Phi) is 3.75. The molecular weight excluding hydrogens is 400 g/mol. The van der Waals surface area contributed by atoms with E-state index >= 15 is 0 Å². The number of hydrogen-bond acceptors (Lipinski definition) is 1. The van der Waals surface area contributed by atoms with Crippen molar-refractivity contribution >= 4 is 0 Å². The molecule has 0 bridgehead atoms.